The van der Waals surface area contributed by atoms with Gasteiger partial charge in [0.2, 0.25) is 0 Å². The first-order chi connectivity index (χ1) is 9.90. The molecule has 0 aromatic carbocycles. The molecule has 1 saturated heterocycles. The van der Waals surface area contributed by atoms with Crippen LogP contribution in [0.5, 0.6) is 0 Å². The maximum Gasteiger partial charge on any atom is 0.268 e. The molecule has 0 amide bonds. The van der Waals surface area contributed by atoms with Crippen LogP contribution < -0.4 is 5.32 Å². The highest BCUT2D eigenvalue weighted by Crippen LogP contribution is 2.33. The van der Waals surface area contributed by atoms with Gasteiger partial charge in [-0.2, -0.15) is 4.98 Å². The van der Waals surface area contributed by atoms with Crippen molar-refractivity contribution in [2.75, 3.05) is 13.1 Å². The van der Waals surface area contributed by atoms with Gasteiger partial charge in [0.1, 0.15) is 0 Å². The Labute approximate surface area is 120 Å². The minimum absolute atomic E-state index is 0.421. The van der Waals surface area contributed by atoms with E-state index >= 15 is 0 Å². The third-order valence-corrected chi connectivity index (χ3v) is 4.78. The Bertz CT molecular complexity index is 696. The molecule has 4 rings (SSSR count). The van der Waals surface area contributed by atoms with Crippen LogP contribution in [0.25, 0.3) is 20.9 Å². The molecule has 0 radical (unpaired) electrons. The van der Waals surface area contributed by atoms with Gasteiger partial charge in [0, 0.05) is 28.4 Å². The van der Waals surface area contributed by atoms with Crippen molar-refractivity contribution in [1.29, 1.82) is 0 Å². The number of rotatable bonds is 2. The van der Waals surface area contributed by atoms with Gasteiger partial charge < -0.3 is 9.84 Å². The Kier molecular flexibility index (Phi) is 2.97. The van der Waals surface area contributed by atoms with Gasteiger partial charge in [0.25, 0.3) is 5.89 Å². The van der Waals surface area contributed by atoms with Crippen molar-refractivity contribution >= 4 is 21.4 Å². The summed E-state index contributed by atoms with van der Waals surface area (Å²) in [5.74, 6) is 1.89. The molecule has 6 heteroatoms. The first-order valence-corrected chi connectivity index (χ1v) is 7.60. The Balaban J connectivity index is 1.66. The van der Waals surface area contributed by atoms with Gasteiger partial charge in [-0.25, -0.2) is 0 Å². The summed E-state index contributed by atoms with van der Waals surface area (Å²) in [5, 5.41) is 8.63. The van der Waals surface area contributed by atoms with Crippen molar-refractivity contribution in [2.24, 2.45) is 0 Å². The van der Waals surface area contributed by atoms with Gasteiger partial charge >= 0.3 is 0 Å². The summed E-state index contributed by atoms with van der Waals surface area (Å²) >= 11 is 1.66. The fourth-order valence-corrected chi connectivity index (χ4v) is 3.52. The van der Waals surface area contributed by atoms with E-state index in [9.17, 15) is 0 Å². The van der Waals surface area contributed by atoms with E-state index in [0.29, 0.717) is 11.8 Å². The number of fused-ring (bicyclic) bond motifs is 1. The zero-order valence-electron chi connectivity index (χ0n) is 10.9. The minimum atomic E-state index is 0.421. The topological polar surface area (TPSA) is 63.8 Å². The van der Waals surface area contributed by atoms with Crippen LogP contribution in [-0.2, 0) is 0 Å². The van der Waals surface area contributed by atoms with Crippen LogP contribution in [0.1, 0.15) is 24.6 Å². The van der Waals surface area contributed by atoms with E-state index < -0.39 is 0 Å². The quantitative estimate of drug-likeness (QED) is 0.784. The van der Waals surface area contributed by atoms with Crippen LogP contribution in [0.3, 0.4) is 0 Å². The Hall–Kier alpha value is -1.79. The molecule has 3 aromatic rings. The van der Waals surface area contributed by atoms with Gasteiger partial charge in [0.05, 0.1) is 4.88 Å². The zero-order valence-corrected chi connectivity index (χ0v) is 11.7. The molecular formula is C14H14N4OS. The van der Waals surface area contributed by atoms with E-state index in [1.165, 1.54) is 4.70 Å². The number of aromatic nitrogens is 3. The maximum absolute atomic E-state index is 5.44. The van der Waals surface area contributed by atoms with Crippen LogP contribution in [0.4, 0.5) is 0 Å². The maximum atomic E-state index is 5.44. The molecule has 5 nitrogen and oxygen atoms in total. The number of thiophene rings is 1. The van der Waals surface area contributed by atoms with E-state index in [1.807, 2.05) is 12.3 Å². The lowest BCUT2D eigenvalue weighted by Gasteiger charge is -2.18. The Morgan fingerprint density at radius 1 is 1.30 bits per heavy atom. The first kappa shape index (κ1) is 12.0. The second-order valence-electron chi connectivity index (χ2n) is 5.01. The number of hydrogen-bond donors (Lipinski definition) is 1. The zero-order chi connectivity index (χ0) is 13.4. The van der Waals surface area contributed by atoms with E-state index in [4.69, 9.17) is 4.52 Å². The highest BCUT2D eigenvalue weighted by atomic mass is 32.1. The SMILES string of the molecule is c1cc2sc(-c3nc(C4CCNCC4)no3)cc2cn1. The summed E-state index contributed by atoms with van der Waals surface area (Å²) in [6.45, 7) is 2.06. The molecule has 1 aliphatic heterocycles. The smallest absolute Gasteiger partial charge is 0.268 e. The van der Waals surface area contributed by atoms with Gasteiger partial charge in [0.15, 0.2) is 5.82 Å². The number of nitrogens with zero attached hydrogens (tertiary/aromatic N) is 3. The first-order valence-electron chi connectivity index (χ1n) is 6.78. The summed E-state index contributed by atoms with van der Waals surface area (Å²) in [4.78, 5) is 9.73. The largest absolute Gasteiger partial charge is 0.333 e. The van der Waals surface area contributed by atoms with Crippen molar-refractivity contribution in [3.05, 3.63) is 30.4 Å². The van der Waals surface area contributed by atoms with Gasteiger partial charge in [-0.1, -0.05) is 5.16 Å². The molecule has 1 aliphatic rings. The molecule has 4 heterocycles. The van der Waals surface area contributed by atoms with Gasteiger partial charge in [-0.3, -0.25) is 4.98 Å². The molecule has 20 heavy (non-hydrogen) atoms. The van der Waals surface area contributed by atoms with Crippen molar-refractivity contribution in [2.45, 2.75) is 18.8 Å². The molecule has 0 spiro atoms. The highest BCUT2D eigenvalue weighted by Gasteiger charge is 2.21. The van der Waals surface area contributed by atoms with Crippen molar-refractivity contribution in [3.8, 4) is 10.8 Å². The molecule has 0 saturated carbocycles. The van der Waals surface area contributed by atoms with Crippen LogP contribution in [0.2, 0.25) is 0 Å². The summed E-state index contributed by atoms with van der Waals surface area (Å²) in [5.41, 5.74) is 0. The number of nitrogens with one attached hydrogen (secondary N) is 1. The Morgan fingerprint density at radius 2 is 2.20 bits per heavy atom. The lowest BCUT2D eigenvalue weighted by Crippen LogP contribution is -2.27. The van der Waals surface area contributed by atoms with Crippen LogP contribution in [0, 0.1) is 0 Å². The normalized spacial score (nSPS) is 16.8. The van der Waals surface area contributed by atoms with E-state index in [1.54, 1.807) is 17.5 Å². The summed E-state index contributed by atoms with van der Waals surface area (Å²) in [7, 11) is 0. The molecule has 0 aliphatic carbocycles. The number of pyridine rings is 1. The summed E-state index contributed by atoms with van der Waals surface area (Å²) in [6.07, 6.45) is 5.82. The lowest BCUT2D eigenvalue weighted by atomic mass is 9.98. The third kappa shape index (κ3) is 2.10. The molecule has 1 N–H and O–H groups in total. The standard InChI is InChI=1S/C14H14N4OS/c1-4-15-5-2-9(1)13-17-14(19-18-13)12-7-10-8-16-6-3-11(10)20-12/h3,6-9,15H,1-2,4-5H2. The summed E-state index contributed by atoms with van der Waals surface area (Å²) in [6, 6.07) is 4.07. The second-order valence-corrected chi connectivity index (χ2v) is 6.09. The molecule has 0 atom stereocenters. The molecule has 3 aromatic heterocycles. The Morgan fingerprint density at radius 3 is 3.05 bits per heavy atom. The molecule has 0 bridgehead atoms. The second kappa shape index (κ2) is 4.96. The molecule has 102 valence electrons. The predicted molar refractivity (Wildman–Crippen MR) is 77.8 cm³/mol. The van der Waals surface area contributed by atoms with Crippen LogP contribution in [-0.4, -0.2) is 28.2 Å². The highest BCUT2D eigenvalue weighted by molar-refractivity contribution is 7.22. The van der Waals surface area contributed by atoms with Crippen LogP contribution in [0.15, 0.2) is 29.0 Å². The average molecular weight is 286 g/mol. The molecule has 0 unspecified atom stereocenters. The third-order valence-electron chi connectivity index (χ3n) is 3.67. The average Bonchev–Trinajstić information content (AvgIpc) is 3.14. The van der Waals surface area contributed by atoms with Gasteiger partial charge in [-0.15, -0.1) is 11.3 Å². The van der Waals surface area contributed by atoms with E-state index in [0.717, 1.165) is 42.0 Å². The minimum Gasteiger partial charge on any atom is -0.333 e. The lowest BCUT2D eigenvalue weighted by molar-refractivity contribution is 0.392. The number of hydrogen-bond acceptors (Lipinski definition) is 6. The number of piperidine rings is 1. The fraction of sp³-hybridized carbons (Fsp3) is 0.357. The van der Waals surface area contributed by atoms with Crippen molar-refractivity contribution < 1.29 is 4.52 Å². The van der Waals surface area contributed by atoms with E-state index in [-0.39, 0.29) is 0 Å². The molecule has 1 fully saturated rings. The van der Waals surface area contributed by atoms with Crippen molar-refractivity contribution in [1.82, 2.24) is 20.4 Å². The monoisotopic (exact) mass is 286 g/mol. The predicted octanol–water partition coefficient (Wildman–Crippen LogP) is 2.81. The molecular weight excluding hydrogens is 272 g/mol. The van der Waals surface area contributed by atoms with E-state index in [2.05, 4.69) is 26.5 Å². The van der Waals surface area contributed by atoms with Crippen LogP contribution >= 0.6 is 11.3 Å². The van der Waals surface area contributed by atoms with Gasteiger partial charge in [-0.05, 0) is 38.1 Å². The summed E-state index contributed by atoms with van der Waals surface area (Å²) < 4.78 is 6.63. The fourth-order valence-electron chi connectivity index (χ4n) is 2.57. The van der Waals surface area contributed by atoms with Crippen molar-refractivity contribution in [3.63, 3.8) is 0 Å².